The number of anilines is 3. The second-order valence-electron chi connectivity index (χ2n) is 9.17. The number of halogens is 3. The first-order valence-corrected chi connectivity index (χ1v) is 13.0. The van der Waals surface area contributed by atoms with E-state index >= 15 is 0 Å². The number of nitriles is 1. The molecule has 0 aliphatic heterocycles. The van der Waals surface area contributed by atoms with Crippen molar-refractivity contribution in [2.24, 2.45) is 0 Å². The van der Waals surface area contributed by atoms with Crippen LogP contribution in [0.25, 0.3) is 10.9 Å². The van der Waals surface area contributed by atoms with E-state index in [4.69, 9.17) is 27.9 Å². The molecule has 2 aromatic carbocycles. The fourth-order valence-corrected chi connectivity index (χ4v) is 4.83. The highest BCUT2D eigenvalue weighted by Crippen LogP contribution is 2.38. The zero-order valence-corrected chi connectivity index (χ0v) is 22.5. The minimum atomic E-state index is -1.71. The van der Waals surface area contributed by atoms with Gasteiger partial charge in [-0.2, -0.15) is 9.65 Å². The van der Waals surface area contributed by atoms with Crippen LogP contribution in [0.15, 0.2) is 61.1 Å². The van der Waals surface area contributed by atoms with Crippen LogP contribution < -0.4 is 15.4 Å². The SMILES string of the molecule is [2H]C(Nc1cc(Cl)c2ncc(C#N)c(Nc3ccc(OC)c(Cl)c3)c2c1)(c1ccc(F)nc1)c1cn(C2CC2)nn1. The summed E-state index contributed by atoms with van der Waals surface area (Å²) in [5.41, 5.74) is 2.83. The van der Waals surface area contributed by atoms with Crippen molar-refractivity contribution in [1.82, 2.24) is 25.0 Å². The molecule has 5 aromatic rings. The zero-order valence-electron chi connectivity index (χ0n) is 22.0. The van der Waals surface area contributed by atoms with Gasteiger partial charge in [-0.1, -0.05) is 34.5 Å². The highest BCUT2D eigenvalue weighted by Gasteiger charge is 2.27. The number of benzene rings is 2. The first-order chi connectivity index (χ1) is 19.8. The molecule has 0 radical (unpaired) electrons. The molecule has 0 amide bonds. The lowest BCUT2D eigenvalue weighted by atomic mass is 10.0. The van der Waals surface area contributed by atoms with Gasteiger partial charge < -0.3 is 15.4 Å². The maximum absolute atomic E-state index is 13.7. The number of fused-ring (bicyclic) bond motifs is 1. The average molecular weight is 576 g/mol. The van der Waals surface area contributed by atoms with Gasteiger partial charge >= 0.3 is 0 Å². The molecule has 0 saturated heterocycles. The Morgan fingerprint density at radius 1 is 1.12 bits per heavy atom. The Hall–Kier alpha value is -4.46. The van der Waals surface area contributed by atoms with E-state index in [0.29, 0.717) is 50.0 Å². The highest BCUT2D eigenvalue weighted by molar-refractivity contribution is 6.36. The van der Waals surface area contributed by atoms with Gasteiger partial charge in [0.05, 0.1) is 53.5 Å². The van der Waals surface area contributed by atoms with E-state index in [9.17, 15) is 11.0 Å². The maximum Gasteiger partial charge on any atom is 0.212 e. The van der Waals surface area contributed by atoms with Crippen LogP contribution in [0.5, 0.6) is 5.75 Å². The van der Waals surface area contributed by atoms with Gasteiger partial charge in [0.25, 0.3) is 0 Å². The maximum atomic E-state index is 13.7. The Kier molecular flexibility index (Phi) is 6.51. The van der Waals surface area contributed by atoms with Gasteiger partial charge in [0, 0.05) is 29.2 Å². The number of aromatic nitrogens is 5. The molecule has 9 nitrogen and oxygen atoms in total. The fourth-order valence-electron chi connectivity index (χ4n) is 4.30. The quantitative estimate of drug-likeness (QED) is 0.193. The van der Waals surface area contributed by atoms with Crippen LogP contribution in [-0.2, 0) is 0 Å². The van der Waals surface area contributed by atoms with Gasteiger partial charge in [0.2, 0.25) is 5.95 Å². The summed E-state index contributed by atoms with van der Waals surface area (Å²) in [4.78, 5) is 8.15. The Bertz CT molecular complexity index is 1820. The summed E-state index contributed by atoms with van der Waals surface area (Å²) >= 11 is 13.0. The van der Waals surface area contributed by atoms with Crippen molar-refractivity contribution >= 4 is 51.2 Å². The van der Waals surface area contributed by atoms with Gasteiger partial charge in [0.1, 0.15) is 17.5 Å². The number of nitrogens with zero attached hydrogens (tertiary/aromatic N) is 6. The summed E-state index contributed by atoms with van der Waals surface area (Å²) in [6.45, 7) is 0. The minimum absolute atomic E-state index is 0.248. The summed E-state index contributed by atoms with van der Waals surface area (Å²) < 4.78 is 30.2. The lowest BCUT2D eigenvalue weighted by Gasteiger charge is -2.20. The zero-order chi connectivity index (χ0) is 28.7. The average Bonchev–Trinajstić information content (AvgIpc) is 3.69. The summed E-state index contributed by atoms with van der Waals surface area (Å²) in [7, 11) is 1.52. The fraction of sp³-hybridized carbons (Fsp3) is 0.179. The summed E-state index contributed by atoms with van der Waals surface area (Å²) in [6.07, 6.45) is 6.40. The number of hydrogen-bond donors (Lipinski definition) is 2. The van der Waals surface area contributed by atoms with Gasteiger partial charge in [-0.05, 0) is 54.8 Å². The molecule has 1 aliphatic rings. The second-order valence-corrected chi connectivity index (χ2v) is 9.99. The molecule has 1 atom stereocenters. The van der Waals surface area contributed by atoms with E-state index in [2.05, 4.69) is 37.0 Å². The van der Waals surface area contributed by atoms with Crippen LogP contribution in [0.3, 0.4) is 0 Å². The first kappa shape index (κ1) is 24.6. The molecule has 200 valence electrons. The molecule has 6 rings (SSSR count). The van der Waals surface area contributed by atoms with Crippen LogP contribution in [0.1, 0.15) is 43.1 Å². The summed E-state index contributed by atoms with van der Waals surface area (Å²) in [5.74, 6) is -0.163. The van der Waals surface area contributed by atoms with Crippen molar-refractivity contribution in [3.8, 4) is 11.8 Å². The second kappa shape index (κ2) is 10.6. The molecule has 40 heavy (non-hydrogen) atoms. The van der Waals surface area contributed by atoms with Gasteiger partial charge in [0.15, 0.2) is 0 Å². The number of hydrogen-bond acceptors (Lipinski definition) is 8. The minimum Gasteiger partial charge on any atom is -0.495 e. The van der Waals surface area contributed by atoms with Crippen LogP contribution in [0.4, 0.5) is 21.5 Å². The smallest absolute Gasteiger partial charge is 0.212 e. The van der Waals surface area contributed by atoms with Crippen LogP contribution in [0.2, 0.25) is 10.0 Å². The lowest BCUT2D eigenvalue weighted by molar-refractivity contribution is 0.415. The molecule has 0 spiro atoms. The van der Waals surface area contributed by atoms with Gasteiger partial charge in [-0.25, -0.2) is 9.67 Å². The van der Waals surface area contributed by atoms with Crippen molar-refractivity contribution < 1.29 is 10.5 Å². The van der Waals surface area contributed by atoms with Crippen molar-refractivity contribution in [1.29, 1.82) is 5.26 Å². The van der Waals surface area contributed by atoms with Crippen LogP contribution >= 0.6 is 23.2 Å². The highest BCUT2D eigenvalue weighted by atomic mass is 35.5. The predicted octanol–water partition coefficient (Wildman–Crippen LogP) is 6.83. The Morgan fingerprint density at radius 3 is 2.65 bits per heavy atom. The Balaban J connectivity index is 1.46. The van der Waals surface area contributed by atoms with Gasteiger partial charge in [-0.3, -0.25) is 4.98 Å². The number of pyridine rings is 2. The van der Waals surface area contributed by atoms with E-state index < -0.39 is 12.0 Å². The van der Waals surface area contributed by atoms with Crippen LogP contribution in [-0.4, -0.2) is 32.1 Å². The number of methoxy groups -OCH3 is 1. The molecular formula is C28H21Cl2FN8O. The molecule has 3 heterocycles. The molecule has 12 heteroatoms. The third kappa shape index (κ3) is 5.09. The monoisotopic (exact) mass is 575 g/mol. The van der Waals surface area contributed by atoms with Crippen molar-refractivity contribution in [3.63, 3.8) is 0 Å². The molecule has 1 aliphatic carbocycles. The molecular weight excluding hydrogens is 554 g/mol. The third-order valence-corrected chi connectivity index (χ3v) is 7.02. The van der Waals surface area contributed by atoms with E-state index in [-0.39, 0.29) is 16.6 Å². The first-order valence-electron chi connectivity index (χ1n) is 12.7. The lowest BCUT2D eigenvalue weighted by Crippen LogP contribution is -2.14. The molecule has 1 fully saturated rings. The van der Waals surface area contributed by atoms with Crippen LogP contribution in [0, 0.1) is 17.3 Å². The van der Waals surface area contributed by atoms with E-state index in [1.807, 2.05) is 0 Å². The predicted molar refractivity (Wildman–Crippen MR) is 151 cm³/mol. The Morgan fingerprint density at radius 2 is 1.95 bits per heavy atom. The number of nitrogens with one attached hydrogen (secondary N) is 2. The van der Waals surface area contributed by atoms with E-state index in [1.54, 1.807) is 41.2 Å². The summed E-state index contributed by atoms with van der Waals surface area (Å²) in [6, 6.07) is 11.9. The molecule has 1 unspecified atom stereocenters. The Labute approximate surface area is 239 Å². The molecule has 1 saturated carbocycles. The molecule has 0 bridgehead atoms. The number of rotatable bonds is 8. The topological polar surface area (TPSA) is 114 Å². The van der Waals surface area contributed by atoms with Crippen molar-refractivity contribution in [2.45, 2.75) is 24.9 Å². The summed E-state index contributed by atoms with van der Waals surface area (Å²) in [5, 5.41) is 26.0. The largest absolute Gasteiger partial charge is 0.495 e. The number of ether oxygens (including phenoxy) is 1. The van der Waals surface area contributed by atoms with Crippen molar-refractivity contribution in [2.75, 3.05) is 17.7 Å². The van der Waals surface area contributed by atoms with E-state index in [0.717, 1.165) is 12.8 Å². The molecule has 3 aromatic heterocycles. The normalized spacial score (nSPS) is 14.7. The standard InChI is InChI=1S/C28H21Cl2FN8O/c1-40-24-6-3-17(9-21(24)29)35-26-16(11-32)13-34-28-20(26)8-18(10-22(28)30)36-27(15-2-7-25(31)33-12-15)23-14-39(38-37-23)19-4-5-19/h2-3,6-10,12-14,19,27,36H,4-5H2,1H3,(H,34,35)/i27D. The van der Waals surface area contributed by atoms with E-state index in [1.165, 1.54) is 31.6 Å². The third-order valence-electron chi connectivity index (χ3n) is 6.44. The van der Waals surface area contributed by atoms with Crippen molar-refractivity contribution in [3.05, 3.63) is 93.9 Å². The van der Waals surface area contributed by atoms with Gasteiger partial charge in [-0.15, -0.1) is 5.10 Å². The molecule has 2 N–H and O–H groups in total.